The number of carboxylic acids is 1. The summed E-state index contributed by atoms with van der Waals surface area (Å²) in [5.41, 5.74) is 2.24. The van der Waals surface area contributed by atoms with Crippen molar-refractivity contribution in [2.45, 2.75) is 38.6 Å². The van der Waals surface area contributed by atoms with Crippen LogP contribution in [0.1, 0.15) is 42.3 Å². The van der Waals surface area contributed by atoms with Gasteiger partial charge in [0.15, 0.2) is 0 Å². The third kappa shape index (κ3) is 5.51. The summed E-state index contributed by atoms with van der Waals surface area (Å²) in [6.45, 7) is 1.94. The first-order valence-corrected chi connectivity index (χ1v) is 9.48. The van der Waals surface area contributed by atoms with Crippen LogP contribution in [-0.4, -0.2) is 27.0 Å². The van der Waals surface area contributed by atoms with Crippen molar-refractivity contribution in [1.82, 2.24) is 15.3 Å². The molecule has 7 heteroatoms. The molecule has 1 atom stereocenters. The van der Waals surface area contributed by atoms with E-state index in [9.17, 15) is 14.4 Å². The lowest BCUT2D eigenvalue weighted by Gasteiger charge is -2.17. The van der Waals surface area contributed by atoms with Gasteiger partial charge in [-0.15, -0.1) is 0 Å². The minimum absolute atomic E-state index is 0.186. The van der Waals surface area contributed by atoms with E-state index in [1.807, 2.05) is 37.3 Å². The normalized spacial score (nSPS) is 11.9. The predicted octanol–water partition coefficient (Wildman–Crippen LogP) is 2.89. The number of H-pyrrole nitrogens is 1. The van der Waals surface area contributed by atoms with Gasteiger partial charge in [-0.25, -0.2) is 4.98 Å². The third-order valence-corrected chi connectivity index (χ3v) is 4.67. The van der Waals surface area contributed by atoms with Crippen LogP contribution in [-0.2, 0) is 16.0 Å². The highest BCUT2D eigenvalue weighted by atomic mass is 16.4. The zero-order chi connectivity index (χ0) is 20.8. The molecule has 150 valence electrons. The number of fused-ring (bicyclic) bond motifs is 1. The maximum Gasteiger partial charge on any atom is 0.305 e. The smallest absolute Gasteiger partial charge is 0.305 e. The minimum Gasteiger partial charge on any atom is -0.481 e. The Morgan fingerprint density at radius 2 is 1.86 bits per heavy atom. The van der Waals surface area contributed by atoms with E-state index >= 15 is 0 Å². The summed E-state index contributed by atoms with van der Waals surface area (Å²) in [4.78, 5) is 42.8. The first-order valence-electron chi connectivity index (χ1n) is 9.48. The number of hydrogen-bond acceptors (Lipinski definition) is 4. The van der Waals surface area contributed by atoms with Gasteiger partial charge in [0.2, 0.25) is 5.91 Å². The summed E-state index contributed by atoms with van der Waals surface area (Å²) in [7, 11) is 0. The van der Waals surface area contributed by atoms with Gasteiger partial charge in [0.1, 0.15) is 5.82 Å². The van der Waals surface area contributed by atoms with E-state index in [0.29, 0.717) is 29.6 Å². The van der Waals surface area contributed by atoms with Crippen LogP contribution in [0.3, 0.4) is 0 Å². The Kier molecular flexibility index (Phi) is 6.39. The van der Waals surface area contributed by atoms with Crippen LogP contribution in [0.5, 0.6) is 0 Å². The summed E-state index contributed by atoms with van der Waals surface area (Å²) < 4.78 is 0. The molecule has 2 aromatic carbocycles. The molecule has 0 saturated carbocycles. The van der Waals surface area contributed by atoms with E-state index < -0.39 is 12.0 Å². The number of para-hydroxylation sites is 1. The van der Waals surface area contributed by atoms with Gasteiger partial charge in [-0.2, -0.15) is 0 Å². The lowest BCUT2D eigenvalue weighted by molar-refractivity contribution is -0.137. The number of carboxylic acid groups (broad SMARTS) is 1. The van der Waals surface area contributed by atoms with Crippen LogP contribution in [0.4, 0.5) is 0 Å². The molecule has 0 unspecified atom stereocenters. The SMILES string of the molecule is Cc1ccc([C@@H](CC(=O)O)NC(=O)CCCc2nc3ccccc3c(=O)[nH]2)cc1. The molecule has 29 heavy (non-hydrogen) atoms. The van der Waals surface area contributed by atoms with Gasteiger partial charge in [-0.05, 0) is 31.0 Å². The van der Waals surface area contributed by atoms with Crippen LogP contribution >= 0.6 is 0 Å². The molecule has 3 N–H and O–H groups in total. The van der Waals surface area contributed by atoms with Crippen LogP contribution in [0.25, 0.3) is 10.9 Å². The molecule has 0 saturated heterocycles. The van der Waals surface area contributed by atoms with Crippen LogP contribution in [0.15, 0.2) is 53.3 Å². The Morgan fingerprint density at radius 1 is 1.14 bits per heavy atom. The van der Waals surface area contributed by atoms with Crippen LogP contribution < -0.4 is 10.9 Å². The average molecular weight is 393 g/mol. The number of benzene rings is 2. The van der Waals surface area contributed by atoms with Crippen LogP contribution in [0, 0.1) is 6.92 Å². The zero-order valence-electron chi connectivity index (χ0n) is 16.1. The van der Waals surface area contributed by atoms with Crippen molar-refractivity contribution in [3.05, 3.63) is 75.8 Å². The van der Waals surface area contributed by atoms with Crippen molar-refractivity contribution >= 4 is 22.8 Å². The number of rotatable bonds is 8. The second kappa shape index (κ2) is 9.14. The number of aliphatic carboxylic acids is 1. The van der Waals surface area contributed by atoms with E-state index in [1.54, 1.807) is 18.2 Å². The predicted molar refractivity (Wildman–Crippen MR) is 110 cm³/mol. The standard InChI is InChI=1S/C22H23N3O4/c1-14-9-11-15(12-10-14)18(13-21(27)28)24-20(26)8-4-7-19-23-17-6-3-2-5-16(17)22(29)25-19/h2-3,5-6,9-12,18H,4,7-8,13H2,1H3,(H,24,26)(H,27,28)(H,23,25,29)/t18-/m1/s1. The largest absolute Gasteiger partial charge is 0.481 e. The molecule has 3 aromatic rings. The third-order valence-electron chi connectivity index (χ3n) is 4.67. The monoisotopic (exact) mass is 393 g/mol. The number of carbonyl (C=O) groups excluding carboxylic acids is 1. The molecule has 0 spiro atoms. The maximum atomic E-state index is 12.3. The highest BCUT2D eigenvalue weighted by molar-refractivity contribution is 5.78. The minimum atomic E-state index is -0.978. The topological polar surface area (TPSA) is 112 Å². The van der Waals surface area contributed by atoms with Crippen LogP contribution in [0.2, 0.25) is 0 Å². The first kappa shape index (κ1) is 20.3. The van der Waals surface area contributed by atoms with Crippen molar-refractivity contribution in [1.29, 1.82) is 0 Å². The van der Waals surface area contributed by atoms with Crippen molar-refractivity contribution in [2.24, 2.45) is 0 Å². The van der Waals surface area contributed by atoms with Crippen molar-refractivity contribution in [3.8, 4) is 0 Å². The van der Waals surface area contributed by atoms with Gasteiger partial charge < -0.3 is 15.4 Å². The Balaban J connectivity index is 1.60. The molecule has 1 amide bonds. The Hall–Kier alpha value is -3.48. The van der Waals surface area contributed by atoms with Gasteiger partial charge >= 0.3 is 5.97 Å². The molecule has 0 aliphatic rings. The molecule has 1 heterocycles. The fraction of sp³-hybridized carbons (Fsp3) is 0.273. The summed E-state index contributed by atoms with van der Waals surface area (Å²) in [6.07, 6.45) is 0.954. The van der Waals surface area contributed by atoms with Gasteiger partial charge in [-0.1, -0.05) is 42.0 Å². The van der Waals surface area contributed by atoms with Gasteiger partial charge in [0.25, 0.3) is 5.56 Å². The summed E-state index contributed by atoms with van der Waals surface area (Å²) in [5.74, 6) is -0.684. The fourth-order valence-electron chi connectivity index (χ4n) is 3.16. The molecule has 1 aromatic heterocycles. The van der Waals surface area contributed by atoms with Crippen molar-refractivity contribution in [2.75, 3.05) is 0 Å². The zero-order valence-corrected chi connectivity index (χ0v) is 16.1. The molecule has 0 bridgehead atoms. The lowest BCUT2D eigenvalue weighted by atomic mass is 10.0. The lowest BCUT2D eigenvalue weighted by Crippen LogP contribution is -2.30. The summed E-state index contributed by atoms with van der Waals surface area (Å²) in [5, 5.41) is 12.5. The highest BCUT2D eigenvalue weighted by Crippen LogP contribution is 2.18. The number of hydrogen-bond donors (Lipinski definition) is 3. The second-order valence-electron chi connectivity index (χ2n) is 7.01. The van der Waals surface area contributed by atoms with E-state index in [-0.39, 0.29) is 24.3 Å². The molecule has 0 aliphatic heterocycles. The Labute approximate surface area is 167 Å². The molecule has 0 radical (unpaired) electrons. The second-order valence-corrected chi connectivity index (χ2v) is 7.01. The average Bonchev–Trinajstić information content (AvgIpc) is 2.68. The van der Waals surface area contributed by atoms with Crippen molar-refractivity contribution in [3.63, 3.8) is 0 Å². The Morgan fingerprint density at radius 3 is 2.59 bits per heavy atom. The number of aryl methyl sites for hydroxylation is 2. The van der Waals surface area contributed by atoms with Gasteiger partial charge in [0, 0.05) is 12.8 Å². The summed E-state index contributed by atoms with van der Waals surface area (Å²) in [6, 6.07) is 13.9. The molecular weight excluding hydrogens is 370 g/mol. The quantitative estimate of drug-likeness (QED) is 0.545. The van der Waals surface area contributed by atoms with E-state index in [0.717, 1.165) is 11.1 Å². The highest BCUT2D eigenvalue weighted by Gasteiger charge is 2.18. The number of carbonyl (C=O) groups is 2. The molecular formula is C22H23N3O4. The van der Waals surface area contributed by atoms with E-state index in [4.69, 9.17) is 5.11 Å². The summed E-state index contributed by atoms with van der Waals surface area (Å²) >= 11 is 0. The molecule has 7 nitrogen and oxygen atoms in total. The number of amides is 1. The fourth-order valence-corrected chi connectivity index (χ4v) is 3.16. The first-order chi connectivity index (χ1) is 13.9. The maximum absolute atomic E-state index is 12.3. The van der Waals surface area contributed by atoms with E-state index in [2.05, 4.69) is 15.3 Å². The number of nitrogens with one attached hydrogen (secondary N) is 2. The number of aromatic amines is 1. The molecule has 3 rings (SSSR count). The Bertz CT molecular complexity index is 1070. The number of aromatic nitrogens is 2. The van der Waals surface area contributed by atoms with Gasteiger partial charge in [0.05, 0.1) is 23.4 Å². The number of nitrogens with zero attached hydrogens (tertiary/aromatic N) is 1. The van der Waals surface area contributed by atoms with Gasteiger partial charge in [-0.3, -0.25) is 14.4 Å². The molecule has 0 aliphatic carbocycles. The van der Waals surface area contributed by atoms with Crippen molar-refractivity contribution < 1.29 is 14.7 Å². The van der Waals surface area contributed by atoms with E-state index in [1.165, 1.54) is 0 Å². The molecule has 0 fully saturated rings.